The van der Waals surface area contributed by atoms with Crippen LogP contribution >= 0.6 is 0 Å². The molecule has 0 unspecified atom stereocenters. The molecule has 1 aromatic heterocycles. The molecule has 0 bridgehead atoms. The molecule has 0 fully saturated rings. The summed E-state index contributed by atoms with van der Waals surface area (Å²) in [5, 5.41) is 2.49. The minimum atomic E-state index is 0.581. The molecule has 0 saturated heterocycles. The highest BCUT2D eigenvalue weighted by atomic mass is 16.5. The second kappa shape index (κ2) is 10.4. The molecule has 0 N–H and O–H groups in total. The van der Waals surface area contributed by atoms with Crippen molar-refractivity contribution in [1.82, 2.24) is 4.57 Å². The molecule has 0 aliphatic carbocycles. The SMILES string of the molecule is c1ccc(-c2cccc(-n3c4cc(-c5ccccc5)ccc4c4ccc(-c5cccc6c5-c5ccccc5OC6)cc43)c2)cc1. The number of hydrogen-bond acceptors (Lipinski definition) is 1. The summed E-state index contributed by atoms with van der Waals surface area (Å²) in [4.78, 5) is 0. The number of hydrogen-bond donors (Lipinski definition) is 0. The van der Waals surface area contributed by atoms with Crippen LogP contribution in [0.1, 0.15) is 5.56 Å². The zero-order valence-electron chi connectivity index (χ0n) is 24.7. The number of para-hydroxylation sites is 1. The fourth-order valence-corrected chi connectivity index (χ4v) is 6.96. The Morgan fingerprint density at radius 2 is 1.00 bits per heavy atom. The first kappa shape index (κ1) is 25.6. The molecule has 1 aliphatic heterocycles. The summed E-state index contributed by atoms with van der Waals surface area (Å²) < 4.78 is 8.56. The third-order valence-corrected chi connectivity index (χ3v) is 9.09. The van der Waals surface area contributed by atoms with Gasteiger partial charge in [0, 0.05) is 22.0 Å². The fourth-order valence-electron chi connectivity index (χ4n) is 6.96. The van der Waals surface area contributed by atoms with E-state index in [-0.39, 0.29) is 0 Å². The van der Waals surface area contributed by atoms with Gasteiger partial charge in [-0.2, -0.15) is 0 Å². The quantitative estimate of drug-likeness (QED) is 0.204. The zero-order valence-corrected chi connectivity index (χ0v) is 24.7. The highest BCUT2D eigenvalue weighted by molar-refractivity contribution is 6.11. The number of nitrogens with zero attached hydrogens (tertiary/aromatic N) is 1. The third kappa shape index (κ3) is 4.26. The molecule has 1 aliphatic rings. The molecule has 0 spiro atoms. The van der Waals surface area contributed by atoms with Gasteiger partial charge in [-0.05, 0) is 74.8 Å². The van der Waals surface area contributed by atoms with Gasteiger partial charge < -0.3 is 9.30 Å². The van der Waals surface area contributed by atoms with Crippen molar-refractivity contribution in [2.45, 2.75) is 6.61 Å². The van der Waals surface area contributed by atoms with Crippen molar-refractivity contribution in [3.8, 4) is 55.9 Å². The van der Waals surface area contributed by atoms with Gasteiger partial charge in [0.1, 0.15) is 12.4 Å². The van der Waals surface area contributed by atoms with Gasteiger partial charge in [0.15, 0.2) is 0 Å². The van der Waals surface area contributed by atoms with E-state index in [1.165, 1.54) is 66.3 Å². The van der Waals surface area contributed by atoms with Gasteiger partial charge >= 0.3 is 0 Å². The minimum absolute atomic E-state index is 0.581. The largest absolute Gasteiger partial charge is 0.488 e. The molecule has 2 heteroatoms. The number of ether oxygens (including phenoxy) is 1. The average Bonchev–Trinajstić information content (AvgIpc) is 3.45. The molecular formula is C43H29NO. The van der Waals surface area contributed by atoms with E-state index in [9.17, 15) is 0 Å². The maximum absolute atomic E-state index is 6.12. The van der Waals surface area contributed by atoms with Gasteiger partial charge in [-0.3, -0.25) is 0 Å². The average molecular weight is 576 g/mol. The Bertz CT molecular complexity index is 2370. The standard InChI is InChI=1S/C43H29NO/c1-3-11-29(12-4-1)31-15-9-17-35(25-31)44-40-26-32(30-13-5-2-6-14-30)21-23-37(40)38-24-22-33(27-41(38)44)36-19-10-16-34-28-45-42-20-8-7-18-39(42)43(34)36/h1-27H,28H2. The van der Waals surface area contributed by atoms with Crippen LogP contribution in [0.3, 0.4) is 0 Å². The molecule has 45 heavy (non-hydrogen) atoms. The van der Waals surface area contributed by atoms with E-state index in [1.54, 1.807) is 0 Å². The van der Waals surface area contributed by atoms with Gasteiger partial charge in [-0.25, -0.2) is 0 Å². The molecule has 0 atom stereocenters. The number of benzene rings is 7. The molecule has 2 heterocycles. The number of fused-ring (bicyclic) bond motifs is 6. The lowest BCUT2D eigenvalue weighted by Gasteiger charge is -2.23. The van der Waals surface area contributed by atoms with E-state index < -0.39 is 0 Å². The van der Waals surface area contributed by atoms with Crippen molar-refractivity contribution in [2.75, 3.05) is 0 Å². The Balaban J connectivity index is 1.31. The lowest BCUT2D eigenvalue weighted by atomic mass is 9.88. The van der Waals surface area contributed by atoms with Crippen LogP contribution in [0.4, 0.5) is 0 Å². The molecule has 0 saturated carbocycles. The summed E-state index contributed by atoms with van der Waals surface area (Å²) in [5.74, 6) is 0.943. The summed E-state index contributed by atoms with van der Waals surface area (Å²) in [5.41, 5.74) is 14.4. The summed E-state index contributed by atoms with van der Waals surface area (Å²) in [6, 6.07) is 59.0. The van der Waals surface area contributed by atoms with Crippen molar-refractivity contribution in [1.29, 1.82) is 0 Å². The monoisotopic (exact) mass is 575 g/mol. The zero-order chi connectivity index (χ0) is 29.7. The summed E-state index contributed by atoms with van der Waals surface area (Å²) in [7, 11) is 0. The van der Waals surface area contributed by atoms with Gasteiger partial charge in [-0.1, -0.05) is 133 Å². The minimum Gasteiger partial charge on any atom is -0.488 e. The fraction of sp³-hybridized carbons (Fsp3) is 0.0233. The van der Waals surface area contributed by atoms with E-state index in [1.807, 2.05) is 6.07 Å². The van der Waals surface area contributed by atoms with Crippen LogP contribution in [0, 0.1) is 0 Å². The third-order valence-electron chi connectivity index (χ3n) is 9.09. The Morgan fingerprint density at radius 3 is 1.76 bits per heavy atom. The molecular weight excluding hydrogens is 546 g/mol. The maximum atomic E-state index is 6.12. The van der Waals surface area contributed by atoms with Crippen LogP contribution in [0.15, 0.2) is 164 Å². The molecule has 212 valence electrons. The summed E-state index contributed by atoms with van der Waals surface area (Å²) in [6.07, 6.45) is 0. The van der Waals surface area contributed by atoms with Crippen molar-refractivity contribution in [3.63, 3.8) is 0 Å². The van der Waals surface area contributed by atoms with E-state index in [4.69, 9.17) is 4.74 Å². The van der Waals surface area contributed by atoms with Crippen molar-refractivity contribution in [3.05, 3.63) is 169 Å². The first-order valence-electron chi connectivity index (χ1n) is 15.5. The molecule has 0 amide bonds. The lowest BCUT2D eigenvalue weighted by molar-refractivity contribution is 0.302. The predicted octanol–water partition coefficient (Wildman–Crippen LogP) is 11.3. The summed E-state index contributed by atoms with van der Waals surface area (Å²) >= 11 is 0. The predicted molar refractivity (Wildman–Crippen MR) is 187 cm³/mol. The Hall–Kier alpha value is -5.86. The van der Waals surface area contributed by atoms with Crippen molar-refractivity contribution < 1.29 is 4.74 Å². The molecule has 0 radical (unpaired) electrons. The van der Waals surface area contributed by atoms with Crippen LogP contribution in [0.2, 0.25) is 0 Å². The smallest absolute Gasteiger partial charge is 0.127 e. The van der Waals surface area contributed by atoms with Gasteiger partial charge in [0.25, 0.3) is 0 Å². The topological polar surface area (TPSA) is 14.2 Å². The van der Waals surface area contributed by atoms with E-state index >= 15 is 0 Å². The van der Waals surface area contributed by atoms with E-state index in [0.29, 0.717) is 6.61 Å². The number of rotatable bonds is 4. The van der Waals surface area contributed by atoms with Crippen molar-refractivity contribution >= 4 is 21.8 Å². The van der Waals surface area contributed by atoms with Crippen LogP contribution in [-0.2, 0) is 6.61 Å². The second-order valence-corrected chi connectivity index (χ2v) is 11.7. The van der Waals surface area contributed by atoms with Crippen molar-refractivity contribution in [2.24, 2.45) is 0 Å². The first-order chi connectivity index (χ1) is 22.3. The highest BCUT2D eigenvalue weighted by Crippen LogP contribution is 2.44. The van der Waals surface area contributed by atoms with Crippen LogP contribution in [0.25, 0.3) is 72.0 Å². The van der Waals surface area contributed by atoms with E-state index in [2.05, 4.69) is 162 Å². The highest BCUT2D eigenvalue weighted by Gasteiger charge is 2.22. The van der Waals surface area contributed by atoms with Gasteiger partial charge in [0.2, 0.25) is 0 Å². The molecule has 7 aromatic carbocycles. The molecule has 8 aromatic rings. The van der Waals surface area contributed by atoms with Gasteiger partial charge in [0.05, 0.1) is 11.0 Å². The van der Waals surface area contributed by atoms with E-state index in [0.717, 1.165) is 17.0 Å². The van der Waals surface area contributed by atoms with Crippen LogP contribution in [0.5, 0.6) is 5.75 Å². The number of aromatic nitrogens is 1. The second-order valence-electron chi connectivity index (χ2n) is 11.7. The Kier molecular flexibility index (Phi) is 5.92. The Labute approximate surface area is 262 Å². The maximum Gasteiger partial charge on any atom is 0.127 e. The molecule has 2 nitrogen and oxygen atoms in total. The normalized spacial score (nSPS) is 12.1. The molecule has 9 rings (SSSR count). The summed E-state index contributed by atoms with van der Waals surface area (Å²) in [6.45, 7) is 0.581. The van der Waals surface area contributed by atoms with Crippen LogP contribution < -0.4 is 4.74 Å². The first-order valence-corrected chi connectivity index (χ1v) is 15.5. The Morgan fingerprint density at radius 1 is 0.422 bits per heavy atom. The van der Waals surface area contributed by atoms with Gasteiger partial charge in [-0.15, -0.1) is 0 Å². The van der Waals surface area contributed by atoms with Crippen LogP contribution in [-0.4, -0.2) is 4.57 Å². The lowest BCUT2D eigenvalue weighted by Crippen LogP contribution is -2.06.